The second kappa shape index (κ2) is 9.00. The molecule has 0 aromatic carbocycles. The van der Waals surface area contributed by atoms with E-state index >= 15 is 0 Å². The molecule has 0 aliphatic heterocycles. The van der Waals surface area contributed by atoms with Crippen LogP contribution in [0.5, 0.6) is 0 Å². The van der Waals surface area contributed by atoms with Crippen LogP contribution in [0.25, 0.3) is 0 Å². The molecule has 0 atom stereocenters. The zero-order chi connectivity index (χ0) is 12.4. The topological polar surface area (TPSA) is 18.5 Å². The molecule has 0 unspecified atom stereocenters. The highest BCUT2D eigenvalue weighted by atomic mass is 16.7. The Morgan fingerprint density at radius 1 is 0.938 bits per heavy atom. The lowest BCUT2D eigenvalue weighted by Crippen LogP contribution is -2.35. The molecule has 0 aliphatic carbocycles. The van der Waals surface area contributed by atoms with Gasteiger partial charge in [-0.3, -0.25) is 0 Å². The van der Waals surface area contributed by atoms with Crippen molar-refractivity contribution in [2.75, 3.05) is 13.2 Å². The number of unbranched alkanes of at least 4 members (excludes halogenated alkanes) is 2. The van der Waals surface area contributed by atoms with Gasteiger partial charge in [0, 0.05) is 19.6 Å². The average Bonchev–Trinajstić information content (AvgIpc) is 2.17. The minimum Gasteiger partial charge on any atom is -0.350 e. The summed E-state index contributed by atoms with van der Waals surface area (Å²) in [5, 5.41) is 0. The minimum absolute atomic E-state index is 0.376. The average molecular weight is 230 g/mol. The molecule has 0 fully saturated rings. The zero-order valence-electron chi connectivity index (χ0n) is 11.8. The van der Waals surface area contributed by atoms with Crippen LogP contribution in [-0.4, -0.2) is 19.0 Å². The summed E-state index contributed by atoms with van der Waals surface area (Å²) in [6.45, 7) is 12.5. The molecule has 98 valence electrons. The third-order valence-electron chi connectivity index (χ3n) is 2.59. The molecule has 0 heterocycles. The summed E-state index contributed by atoms with van der Waals surface area (Å²) in [4.78, 5) is 0. The van der Waals surface area contributed by atoms with E-state index in [1.807, 2.05) is 0 Å². The van der Waals surface area contributed by atoms with E-state index < -0.39 is 0 Å². The van der Waals surface area contributed by atoms with Crippen LogP contribution in [0.1, 0.15) is 66.7 Å². The largest absolute Gasteiger partial charge is 0.350 e. The number of ether oxygens (including phenoxy) is 2. The Balaban J connectivity index is 4.02. The Morgan fingerprint density at radius 3 is 1.69 bits per heavy atom. The van der Waals surface area contributed by atoms with Crippen molar-refractivity contribution in [2.24, 2.45) is 5.92 Å². The smallest absolute Gasteiger partial charge is 0.165 e. The van der Waals surface area contributed by atoms with E-state index in [1.54, 1.807) is 0 Å². The summed E-state index contributed by atoms with van der Waals surface area (Å²) in [6.07, 6.45) is 5.55. The van der Waals surface area contributed by atoms with Crippen LogP contribution in [0.4, 0.5) is 0 Å². The zero-order valence-corrected chi connectivity index (χ0v) is 11.8. The van der Waals surface area contributed by atoms with Gasteiger partial charge in [0.15, 0.2) is 5.79 Å². The Morgan fingerprint density at radius 2 is 1.38 bits per heavy atom. The first-order valence-corrected chi connectivity index (χ1v) is 6.82. The molecule has 0 rings (SSSR count). The first-order chi connectivity index (χ1) is 7.54. The van der Waals surface area contributed by atoms with Crippen LogP contribution in [0.3, 0.4) is 0 Å². The summed E-state index contributed by atoms with van der Waals surface area (Å²) in [6, 6.07) is 0. The maximum absolute atomic E-state index is 5.91. The highest BCUT2D eigenvalue weighted by Gasteiger charge is 2.26. The van der Waals surface area contributed by atoms with Gasteiger partial charge in [-0.25, -0.2) is 0 Å². The van der Waals surface area contributed by atoms with Gasteiger partial charge in [-0.05, 0) is 25.7 Å². The Hall–Kier alpha value is -0.0800. The van der Waals surface area contributed by atoms with E-state index in [0.717, 1.165) is 32.5 Å². The summed E-state index contributed by atoms with van der Waals surface area (Å²) in [7, 11) is 0. The summed E-state index contributed by atoms with van der Waals surface area (Å²) in [5.41, 5.74) is 0. The maximum atomic E-state index is 5.91. The highest BCUT2D eigenvalue weighted by molar-refractivity contribution is 4.66. The van der Waals surface area contributed by atoms with Gasteiger partial charge in [-0.15, -0.1) is 0 Å². The highest BCUT2D eigenvalue weighted by Crippen LogP contribution is 2.23. The van der Waals surface area contributed by atoms with Crippen LogP contribution in [0.2, 0.25) is 0 Å². The van der Waals surface area contributed by atoms with Gasteiger partial charge >= 0.3 is 0 Å². The standard InChI is InChI=1S/C14H30O2/c1-6-8-10-15-14(5,12-13(3)4)16-11-9-7-2/h13H,6-12H2,1-5H3. The van der Waals surface area contributed by atoms with Gasteiger partial charge < -0.3 is 9.47 Å². The molecular weight excluding hydrogens is 200 g/mol. The molecule has 0 saturated carbocycles. The minimum atomic E-state index is -0.376. The fraction of sp³-hybridized carbons (Fsp3) is 1.00. The first kappa shape index (κ1) is 15.9. The van der Waals surface area contributed by atoms with Gasteiger partial charge in [0.2, 0.25) is 0 Å². The van der Waals surface area contributed by atoms with Gasteiger partial charge in [-0.2, -0.15) is 0 Å². The second-order valence-electron chi connectivity index (χ2n) is 5.14. The van der Waals surface area contributed by atoms with Crippen molar-refractivity contribution in [3.8, 4) is 0 Å². The molecule has 0 bridgehead atoms. The first-order valence-electron chi connectivity index (χ1n) is 6.82. The van der Waals surface area contributed by atoms with Gasteiger partial charge in [-0.1, -0.05) is 40.5 Å². The van der Waals surface area contributed by atoms with E-state index in [2.05, 4.69) is 34.6 Å². The van der Waals surface area contributed by atoms with E-state index in [0.29, 0.717) is 5.92 Å². The van der Waals surface area contributed by atoms with Crippen molar-refractivity contribution < 1.29 is 9.47 Å². The third-order valence-corrected chi connectivity index (χ3v) is 2.59. The maximum Gasteiger partial charge on any atom is 0.165 e. The lowest BCUT2D eigenvalue weighted by Gasteiger charge is -2.31. The lowest BCUT2D eigenvalue weighted by molar-refractivity contribution is -0.234. The van der Waals surface area contributed by atoms with Crippen molar-refractivity contribution in [1.29, 1.82) is 0 Å². The van der Waals surface area contributed by atoms with Crippen LogP contribution >= 0.6 is 0 Å². The molecule has 0 aliphatic rings. The van der Waals surface area contributed by atoms with Crippen LogP contribution in [-0.2, 0) is 9.47 Å². The third kappa shape index (κ3) is 8.12. The van der Waals surface area contributed by atoms with Crippen molar-refractivity contribution in [2.45, 2.75) is 72.5 Å². The van der Waals surface area contributed by atoms with Crippen molar-refractivity contribution in [3.63, 3.8) is 0 Å². The lowest BCUT2D eigenvalue weighted by atomic mass is 10.0. The predicted octanol–water partition coefficient (Wildman–Crippen LogP) is 4.38. The van der Waals surface area contributed by atoms with Crippen molar-refractivity contribution in [1.82, 2.24) is 0 Å². The van der Waals surface area contributed by atoms with Crippen molar-refractivity contribution in [3.05, 3.63) is 0 Å². The SMILES string of the molecule is CCCCOC(C)(CC(C)C)OCCCC. The molecule has 0 aromatic heterocycles. The van der Waals surface area contributed by atoms with E-state index in [1.165, 1.54) is 12.8 Å². The van der Waals surface area contributed by atoms with E-state index in [4.69, 9.17) is 9.47 Å². The van der Waals surface area contributed by atoms with Gasteiger partial charge in [0.25, 0.3) is 0 Å². The quantitative estimate of drug-likeness (QED) is 0.409. The van der Waals surface area contributed by atoms with E-state index in [-0.39, 0.29) is 5.79 Å². The number of hydrogen-bond donors (Lipinski definition) is 0. The Labute approximate surface area is 102 Å². The van der Waals surface area contributed by atoms with E-state index in [9.17, 15) is 0 Å². The molecule has 16 heavy (non-hydrogen) atoms. The molecule has 0 radical (unpaired) electrons. The molecule has 0 spiro atoms. The molecule has 2 nitrogen and oxygen atoms in total. The monoisotopic (exact) mass is 230 g/mol. The second-order valence-corrected chi connectivity index (χ2v) is 5.14. The summed E-state index contributed by atoms with van der Waals surface area (Å²) >= 11 is 0. The molecule has 0 saturated heterocycles. The fourth-order valence-corrected chi connectivity index (χ4v) is 1.77. The van der Waals surface area contributed by atoms with Gasteiger partial charge in [0.05, 0.1) is 0 Å². The molecule has 0 N–H and O–H groups in total. The molecule has 0 aromatic rings. The van der Waals surface area contributed by atoms with Gasteiger partial charge in [0.1, 0.15) is 0 Å². The molecular formula is C14H30O2. The van der Waals surface area contributed by atoms with Crippen LogP contribution in [0, 0.1) is 5.92 Å². The van der Waals surface area contributed by atoms with Crippen LogP contribution < -0.4 is 0 Å². The number of rotatable bonds is 10. The molecule has 0 amide bonds. The Bertz CT molecular complexity index is 145. The van der Waals surface area contributed by atoms with Crippen LogP contribution in [0.15, 0.2) is 0 Å². The summed E-state index contributed by atoms with van der Waals surface area (Å²) < 4.78 is 11.8. The Kier molecular flexibility index (Phi) is 8.96. The predicted molar refractivity (Wildman–Crippen MR) is 69.6 cm³/mol. The fourth-order valence-electron chi connectivity index (χ4n) is 1.77. The summed E-state index contributed by atoms with van der Waals surface area (Å²) in [5.74, 6) is 0.228. The number of hydrogen-bond acceptors (Lipinski definition) is 2. The van der Waals surface area contributed by atoms with Crippen molar-refractivity contribution >= 4 is 0 Å². The molecule has 2 heteroatoms. The normalized spacial score (nSPS) is 12.4.